The first-order valence-electron chi connectivity index (χ1n) is 8.92. The molecule has 0 atom stereocenters. The molecule has 158 valence electrons. The van der Waals surface area contributed by atoms with Crippen LogP contribution in [0.25, 0.3) is 22.2 Å². The molecule has 0 unspecified atom stereocenters. The third-order valence-corrected chi connectivity index (χ3v) is 4.89. The molecule has 0 aliphatic rings. The Morgan fingerprint density at radius 2 is 1.77 bits per heavy atom. The molecular weight excluding hydrogens is 428 g/mol. The van der Waals surface area contributed by atoms with Crippen LogP contribution in [0.4, 0.5) is 14.5 Å². The fraction of sp³-hybridized carbons (Fsp3) is 0.0476. The van der Waals surface area contributed by atoms with E-state index in [0.29, 0.717) is 28.2 Å². The summed E-state index contributed by atoms with van der Waals surface area (Å²) in [6.45, 7) is 0. The normalized spacial score (nSPS) is 11.5. The smallest absolute Gasteiger partial charge is 0.266 e. The molecule has 4 aromatic rings. The molecule has 0 bridgehead atoms. The van der Waals surface area contributed by atoms with Crippen LogP contribution < -0.4 is 15.0 Å². The van der Waals surface area contributed by atoms with Crippen LogP contribution in [0, 0.1) is 11.6 Å². The molecule has 0 spiro atoms. The maximum Gasteiger partial charge on any atom is 0.266 e. The molecule has 3 aromatic carbocycles. The van der Waals surface area contributed by atoms with E-state index < -0.39 is 21.7 Å². The topological polar surface area (TPSA) is 101 Å². The van der Waals surface area contributed by atoms with Gasteiger partial charge in [-0.3, -0.25) is 9.52 Å². The van der Waals surface area contributed by atoms with Crippen LogP contribution in [0.3, 0.4) is 0 Å². The van der Waals surface area contributed by atoms with Crippen LogP contribution in [-0.4, -0.2) is 24.6 Å². The summed E-state index contributed by atoms with van der Waals surface area (Å²) in [5.74, 6) is -1.63. The largest absolute Gasteiger partial charge is 0.454 e. The molecule has 2 N–H and O–H groups in total. The van der Waals surface area contributed by atoms with Gasteiger partial charge in [0, 0.05) is 17.3 Å². The number of aromatic nitrogens is 2. The van der Waals surface area contributed by atoms with Crippen molar-refractivity contribution in [3.8, 4) is 22.6 Å². The van der Waals surface area contributed by atoms with Gasteiger partial charge in [0.25, 0.3) is 5.56 Å². The van der Waals surface area contributed by atoms with Crippen LogP contribution in [0.1, 0.15) is 0 Å². The highest BCUT2D eigenvalue weighted by Crippen LogP contribution is 2.37. The third kappa shape index (κ3) is 4.69. The van der Waals surface area contributed by atoms with Crippen molar-refractivity contribution in [1.29, 1.82) is 0 Å². The van der Waals surface area contributed by atoms with E-state index in [1.54, 1.807) is 18.2 Å². The molecule has 0 aliphatic heterocycles. The predicted molar refractivity (Wildman–Crippen MR) is 113 cm³/mol. The van der Waals surface area contributed by atoms with Crippen LogP contribution in [0.2, 0.25) is 0 Å². The number of nitrogens with zero attached hydrogens (tertiary/aromatic N) is 1. The second kappa shape index (κ2) is 7.80. The first kappa shape index (κ1) is 20.5. The Kier molecular flexibility index (Phi) is 5.15. The Labute approximate surface area is 175 Å². The summed E-state index contributed by atoms with van der Waals surface area (Å²) >= 11 is 0. The number of anilines is 1. The first-order valence-corrected chi connectivity index (χ1v) is 10.8. The van der Waals surface area contributed by atoms with Gasteiger partial charge in [-0.15, -0.1) is 0 Å². The van der Waals surface area contributed by atoms with Crippen molar-refractivity contribution >= 4 is 26.7 Å². The van der Waals surface area contributed by atoms with Gasteiger partial charge < -0.3 is 9.72 Å². The monoisotopic (exact) mass is 443 g/mol. The summed E-state index contributed by atoms with van der Waals surface area (Å²) < 4.78 is 58.7. The molecule has 7 nitrogen and oxygen atoms in total. The number of hydrogen-bond donors (Lipinski definition) is 2. The van der Waals surface area contributed by atoms with Crippen molar-refractivity contribution in [2.24, 2.45) is 0 Å². The summed E-state index contributed by atoms with van der Waals surface area (Å²) in [5, 5.41) is 0. The molecule has 0 aliphatic carbocycles. The average Bonchev–Trinajstić information content (AvgIpc) is 2.69. The van der Waals surface area contributed by atoms with Crippen molar-refractivity contribution < 1.29 is 21.9 Å². The van der Waals surface area contributed by atoms with E-state index in [2.05, 4.69) is 14.7 Å². The van der Waals surface area contributed by atoms with Gasteiger partial charge in [-0.25, -0.2) is 22.2 Å². The third-order valence-electron chi connectivity index (χ3n) is 4.28. The summed E-state index contributed by atoms with van der Waals surface area (Å²) in [4.78, 5) is 18.2. The Bertz CT molecular complexity index is 1470. The van der Waals surface area contributed by atoms with Crippen molar-refractivity contribution in [2.45, 2.75) is 0 Å². The van der Waals surface area contributed by atoms with E-state index in [-0.39, 0.29) is 22.7 Å². The SMILES string of the molecule is CS(=O)(=O)Nc1ccc(Oc2ccc(F)cc2F)c(-c2ccc3[nH]c(=O)cnc3c2)c1. The minimum absolute atomic E-state index is 0.199. The molecule has 0 radical (unpaired) electrons. The maximum absolute atomic E-state index is 14.1. The number of benzene rings is 3. The van der Waals surface area contributed by atoms with Crippen molar-refractivity contribution in [1.82, 2.24) is 9.97 Å². The zero-order chi connectivity index (χ0) is 22.2. The van der Waals surface area contributed by atoms with Gasteiger partial charge in [-0.2, -0.15) is 0 Å². The number of hydrogen-bond acceptors (Lipinski definition) is 5. The lowest BCUT2D eigenvalue weighted by molar-refractivity contribution is 0.439. The lowest BCUT2D eigenvalue weighted by atomic mass is 10.0. The molecule has 4 rings (SSSR count). The zero-order valence-electron chi connectivity index (χ0n) is 16.0. The number of rotatable bonds is 5. The predicted octanol–water partition coefficient (Wildman–Crippen LogP) is 4.03. The fourth-order valence-electron chi connectivity index (χ4n) is 3.00. The maximum atomic E-state index is 14.1. The molecule has 0 fully saturated rings. The van der Waals surface area contributed by atoms with E-state index in [9.17, 15) is 22.0 Å². The number of ether oxygens (including phenoxy) is 1. The van der Waals surface area contributed by atoms with Crippen molar-refractivity contribution in [3.63, 3.8) is 0 Å². The average molecular weight is 443 g/mol. The fourth-order valence-corrected chi connectivity index (χ4v) is 3.56. The van der Waals surface area contributed by atoms with Crippen LogP contribution in [0.5, 0.6) is 11.5 Å². The van der Waals surface area contributed by atoms with Crippen LogP contribution in [0.15, 0.2) is 65.6 Å². The summed E-state index contributed by atoms with van der Waals surface area (Å²) in [7, 11) is -3.54. The molecule has 31 heavy (non-hydrogen) atoms. The molecule has 0 saturated carbocycles. The molecule has 1 aromatic heterocycles. The number of aromatic amines is 1. The molecule has 0 saturated heterocycles. The Morgan fingerprint density at radius 1 is 1.00 bits per heavy atom. The highest BCUT2D eigenvalue weighted by Gasteiger charge is 2.14. The van der Waals surface area contributed by atoms with Crippen LogP contribution in [-0.2, 0) is 10.0 Å². The molecule has 1 heterocycles. The number of halogens is 2. The van der Waals surface area contributed by atoms with E-state index >= 15 is 0 Å². The van der Waals surface area contributed by atoms with E-state index in [1.807, 2.05) is 0 Å². The Morgan fingerprint density at radius 3 is 2.52 bits per heavy atom. The second-order valence-electron chi connectivity index (χ2n) is 6.74. The van der Waals surface area contributed by atoms with E-state index in [1.165, 1.54) is 18.2 Å². The minimum Gasteiger partial charge on any atom is -0.454 e. The van der Waals surface area contributed by atoms with Gasteiger partial charge in [0.15, 0.2) is 11.6 Å². The van der Waals surface area contributed by atoms with Crippen molar-refractivity contribution in [2.75, 3.05) is 11.0 Å². The molecule has 10 heteroatoms. The van der Waals surface area contributed by atoms with Crippen molar-refractivity contribution in [3.05, 3.63) is 82.8 Å². The second-order valence-corrected chi connectivity index (χ2v) is 8.49. The lowest BCUT2D eigenvalue weighted by Gasteiger charge is -2.15. The highest BCUT2D eigenvalue weighted by molar-refractivity contribution is 7.92. The summed E-state index contributed by atoms with van der Waals surface area (Å²) in [6.07, 6.45) is 2.15. The minimum atomic E-state index is -3.54. The zero-order valence-corrected chi connectivity index (χ0v) is 16.8. The Balaban J connectivity index is 1.85. The summed E-state index contributed by atoms with van der Waals surface area (Å²) in [5.41, 5.74) is 1.90. The quantitative estimate of drug-likeness (QED) is 0.485. The van der Waals surface area contributed by atoms with E-state index in [4.69, 9.17) is 4.74 Å². The van der Waals surface area contributed by atoms with Gasteiger partial charge in [-0.05, 0) is 48.0 Å². The van der Waals surface area contributed by atoms with Gasteiger partial charge in [0.1, 0.15) is 11.6 Å². The number of H-pyrrole nitrogens is 1. The highest BCUT2D eigenvalue weighted by atomic mass is 32.2. The molecular formula is C21H15F2N3O4S. The van der Waals surface area contributed by atoms with Gasteiger partial charge in [-0.1, -0.05) is 6.07 Å². The van der Waals surface area contributed by atoms with Gasteiger partial charge in [0.2, 0.25) is 10.0 Å². The van der Waals surface area contributed by atoms with Crippen LogP contribution >= 0.6 is 0 Å². The number of sulfonamides is 1. The summed E-state index contributed by atoms with van der Waals surface area (Å²) in [6, 6.07) is 12.3. The molecule has 0 amide bonds. The Hall–Kier alpha value is -3.79. The van der Waals surface area contributed by atoms with Gasteiger partial charge >= 0.3 is 0 Å². The first-order chi connectivity index (χ1) is 14.7. The van der Waals surface area contributed by atoms with E-state index in [0.717, 1.165) is 24.6 Å². The number of fused-ring (bicyclic) bond motifs is 1. The van der Waals surface area contributed by atoms with Gasteiger partial charge in [0.05, 0.1) is 23.5 Å². The number of nitrogens with one attached hydrogen (secondary N) is 2. The standard InChI is InChI=1S/C21H15F2N3O4S/c1-31(28,29)26-14-4-7-19(30-20-6-3-13(22)9-16(20)23)15(10-14)12-2-5-17-18(8-12)24-11-21(27)25-17/h2-11,26H,1H3,(H,25,27). The lowest BCUT2D eigenvalue weighted by Crippen LogP contribution is -2.09.